The highest BCUT2D eigenvalue weighted by Crippen LogP contribution is 2.57. The first-order valence-electron chi connectivity index (χ1n) is 12.9. The lowest BCUT2D eigenvalue weighted by atomic mass is 10.2. The summed E-state index contributed by atoms with van der Waals surface area (Å²) >= 11 is 0.794. The van der Waals surface area contributed by atoms with Gasteiger partial charge >= 0.3 is 13.0 Å². The highest BCUT2D eigenvalue weighted by atomic mass is 32.7. The van der Waals surface area contributed by atoms with Crippen molar-refractivity contribution in [1.82, 2.24) is 10.6 Å². The Hall–Kier alpha value is -0.470. The van der Waals surface area contributed by atoms with Crippen LogP contribution in [0.1, 0.15) is 39.5 Å². The lowest BCUT2D eigenvalue weighted by Crippen LogP contribution is -2.29. The Morgan fingerprint density at radius 3 is 1.86 bits per heavy atom. The predicted molar refractivity (Wildman–Crippen MR) is 144 cm³/mol. The molecule has 0 spiro atoms. The number of hydrogen-bond acceptors (Lipinski definition) is 12. The molecule has 0 bridgehead atoms. The van der Waals surface area contributed by atoms with Crippen LogP contribution in [0, 0.1) is 5.92 Å². The van der Waals surface area contributed by atoms with E-state index in [1.807, 2.05) is 14.1 Å². The summed E-state index contributed by atoms with van der Waals surface area (Å²) in [6.45, 7) is 4.63. The standard InChI is InChI=1S/C23H49N2O10PS/c1-5-6-7-8-9-29-10-11-30-12-13-31-14-15-32-16-17-33-23(26)34-21(2)35-36(27,28)37-20-22(18-24-3)19-25-4/h21-22,24-25H,5-20H2,1-4H3,(H,27,28). The van der Waals surface area contributed by atoms with Gasteiger partial charge in [0.2, 0.25) is 6.29 Å². The molecule has 0 saturated carbocycles. The maximum absolute atomic E-state index is 12.2. The van der Waals surface area contributed by atoms with E-state index in [4.69, 9.17) is 32.9 Å². The highest BCUT2D eigenvalue weighted by Gasteiger charge is 2.27. The van der Waals surface area contributed by atoms with E-state index in [1.54, 1.807) is 0 Å². The van der Waals surface area contributed by atoms with E-state index in [9.17, 15) is 14.3 Å². The van der Waals surface area contributed by atoms with Crippen LogP contribution in [0.2, 0.25) is 0 Å². The van der Waals surface area contributed by atoms with Crippen LogP contribution in [0.25, 0.3) is 0 Å². The zero-order chi connectivity index (χ0) is 27.6. The lowest BCUT2D eigenvalue weighted by molar-refractivity contribution is -0.0612. The number of carbonyl (C=O) groups is 1. The molecule has 2 unspecified atom stereocenters. The summed E-state index contributed by atoms with van der Waals surface area (Å²) in [6, 6.07) is 0. The number of rotatable bonds is 27. The molecule has 0 aliphatic heterocycles. The van der Waals surface area contributed by atoms with Gasteiger partial charge in [-0.3, -0.25) is 4.52 Å². The van der Waals surface area contributed by atoms with E-state index in [1.165, 1.54) is 26.2 Å². The van der Waals surface area contributed by atoms with Crippen molar-refractivity contribution in [3.63, 3.8) is 0 Å². The van der Waals surface area contributed by atoms with Crippen molar-refractivity contribution in [2.75, 3.05) is 92.4 Å². The molecule has 222 valence electrons. The van der Waals surface area contributed by atoms with Crippen LogP contribution in [0.5, 0.6) is 0 Å². The molecule has 0 rings (SSSR count). The zero-order valence-electron chi connectivity index (χ0n) is 22.9. The van der Waals surface area contributed by atoms with Gasteiger partial charge in [0, 0.05) is 12.4 Å². The van der Waals surface area contributed by atoms with Crippen LogP contribution >= 0.6 is 18.2 Å². The van der Waals surface area contributed by atoms with Gasteiger partial charge in [-0.15, -0.1) is 0 Å². The maximum atomic E-state index is 12.2. The van der Waals surface area contributed by atoms with Crippen molar-refractivity contribution in [2.45, 2.75) is 45.8 Å². The first-order chi connectivity index (χ1) is 17.8. The third-order valence-corrected chi connectivity index (χ3v) is 7.90. The molecule has 2 atom stereocenters. The molecule has 0 heterocycles. The van der Waals surface area contributed by atoms with Crippen molar-refractivity contribution < 1.29 is 47.2 Å². The van der Waals surface area contributed by atoms with Gasteiger partial charge in [0.05, 0.1) is 46.2 Å². The smallest absolute Gasteiger partial charge is 0.432 e. The van der Waals surface area contributed by atoms with Gasteiger partial charge in [-0.25, -0.2) is 9.36 Å². The molecule has 0 amide bonds. The maximum Gasteiger partial charge on any atom is 0.510 e. The van der Waals surface area contributed by atoms with Gasteiger partial charge in [0.1, 0.15) is 6.61 Å². The van der Waals surface area contributed by atoms with Crippen LogP contribution in [-0.2, 0) is 37.5 Å². The number of unbranched alkanes of at least 4 members (excludes halogenated alkanes) is 3. The van der Waals surface area contributed by atoms with E-state index in [2.05, 4.69) is 17.6 Å². The summed E-state index contributed by atoms with van der Waals surface area (Å²) in [4.78, 5) is 21.7. The SMILES string of the molecule is CCCCCCOCCOCCOCCOCCOC(=O)OC(C)OP(=O)(O)SCC(CNC)CNC. The molecule has 0 aromatic rings. The summed E-state index contributed by atoms with van der Waals surface area (Å²) in [7, 11) is 3.63. The molecular formula is C23H49N2O10PS. The number of hydrogen-bond donors (Lipinski definition) is 3. The molecule has 12 nitrogen and oxygen atoms in total. The Morgan fingerprint density at radius 2 is 1.35 bits per heavy atom. The molecule has 0 aromatic heterocycles. The second-order valence-electron chi connectivity index (χ2n) is 8.15. The Bertz CT molecular complexity index is 574. The summed E-state index contributed by atoms with van der Waals surface area (Å²) in [5, 5.41) is 6.07. The van der Waals surface area contributed by atoms with E-state index in [0.717, 1.165) is 24.4 Å². The highest BCUT2D eigenvalue weighted by molar-refractivity contribution is 8.54. The molecular weight excluding hydrogens is 527 g/mol. The van der Waals surface area contributed by atoms with E-state index in [-0.39, 0.29) is 19.1 Å². The van der Waals surface area contributed by atoms with Crippen LogP contribution in [0.4, 0.5) is 4.79 Å². The first-order valence-corrected chi connectivity index (χ1v) is 16.1. The Labute approximate surface area is 226 Å². The fourth-order valence-corrected chi connectivity index (χ4v) is 5.81. The summed E-state index contributed by atoms with van der Waals surface area (Å²) in [6.07, 6.45) is 2.53. The quantitative estimate of drug-likeness (QED) is 0.0571. The van der Waals surface area contributed by atoms with Crippen LogP contribution in [0.15, 0.2) is 0 Å². The summed E-state index contributed by atoms with van der Waals surface area (Å²) in [5.41, 5.74) is 0. The van der Waals surface area contributed by atoms with E-state index < -0.39 is 19.2 Å². The summed E-state index contributed by atoms with van der Waals surface area (Å²) < 4.78 is 48.6. The molecule has 0 radical (unpaired) electrons. The molecule has 0 aromatic carbocycles. The first kappa shape index (κ1) is 36.5. The Morgan fingerprint density at radius 1 is 0.838 bits per heavy atom. The van der Waals surface area contributed by atoms with E-state index in [0.29, 0.717) is 58.5 Å². The number of ether oxygens (including phenoxy) is 6. The van der Waals surface area contributed by atoms with Gasteiger partial charge in [0.25, 0.3) is 0 Å². The second-order valence-corrected chi connectivity index (χ2v) is 12.0. The Balaban J connectivity index is 3.62. The second kappa shape index (κ2) is 25.8. The third kappa shape index (κ3) is 25.6. The minimum absolute atomic E-state index is 0.0334. The van der Waals surface area contributed by atoms with Crippen molar-refractivity contribution in [3.05, 3.63) is 0 Å². The number of nitrogens with one attached hydrogen (secondary N) is 2. The van der Waals surface area contributed by atoms with Crippen LogP contribution in [-0.4, -0.2) is 110 Å². The molecule has 0 saturated heterocycles. The monoisotopic (exact) mass is 576 g/mol. The van der Waals surface area contributed by atoms with Crippen molar-refractivity contribution in [2.24, 2.45) is 5.92 Å². The van der Waals surface area contributed by atoms with Gasteiger partial charge in [-0.05, 0) is 57.8 Å². The van der Waals surface area contributed by atoms with Gasteiger partial charge in [0.15, 0.2) is 0 Å². The fourth-order valence-electron chi connectivity index (χ4n) is 2.95. The van der Waals surface area contributed by atoms with Crippen LogP contribution in [0.3, 0.4) is 0 Å². The van der Waals surface area contributed by atoms with Gasteiger partial charge in [-0.2, -0.15) is 0 Å². The third-order valence-electron chi connectivity index (χ3n) is 4.71. The molecule has 0 fully saturated rings. The zero-order valence-corrected chi connectivity index (χ0v) is 24.7. The molecule has 14 heteroatoms. The van der Waals surface area contributed by atoms with E-state index >= 15 is 0 Å². The predicted octanol–water partition coefficient (Wildman–Crippen LogP) is 3.04. The average molecular weight is 577 g/mol. The van der Waals surface area contributed by atoms with Gasteiger partial charge < -0.3 is 43.9 Å². The molecule has 0 aliphatic rings. The molecule has 3 N–H and O–H groups in total. The van der Waals surface area contributed by atoms with Gasteiger partial charge in [-0.1, -0.05) is 26.2 Å². The fraction of sp³-hybridized carbons (Fsp3) is 0.957. The van der Waals surface area contributed by atoms with Crippen molar-refractivity contribution >= 4 is 24.3 Å². The molecule has 0 aliphatic carbocycles. The van der Waals surface area contributed by atoms with Crippen LogP contribution < -0.4 is 10.6 Å². The summed E-state index contributed by atoms with van der Waals surface area (Å²) in [5.74, 6) is 0.536. The largest absolute Gasteiger partial charge is 0.510 e. The molecule has 37 heavy (non-hydrogen) atoms. The number of carbonyl (C=O) groups excluding carboxylic acids is 1. The van der Waals surface area contributed by atoms with Crippen molar-refractivity contribution in [1.29, 1.82) is 0 Å². The average Bonchev–Trinajstić information content (AvgIpc) is 2.84. The minimum atomic E-state index is -4.00. The minimum Gasteiger partial charge on any atom is -0.432 e. The Kier molecular flexibility index (Phi) is 25.5. The topological polar surface area (TPSA) is 143 Å². The van der Waals surface area contributed by atoms with Crippen molar-refractivity contribution in [3.8, 4) is 0 Å². The normalized spacial score (nSPS) is 14.0. The lowest BCUT2D eigenvalue weighted by Gasteiger charge is -2.20.